The van der Waals surface area contributed by atoms with E-state index >= 15 is 0 Å². The lowest BCUT2D eigenvalue weighted by molar-refractivity contribution is -0.145. The van der Waals surface area contributed by atoms with Crippen molar-refractivity contribution in [2.24, 2.45) is 0 Å². The minimum atomic E-state index is -2.53. The van der Waals surface area contributed by atoms with Crippen LogP contribution in [0.25, 0.3) is 10.8 Å². The molecule has 3 rings (SSSR count). The topological polar surface area (TPSA) is 47.6 Å². The number of nitrogens with one attached hydrogen (secondary N) is 1. The molecule has 0 amide bonds. The summed E-state index contributed by atoms with van der Waals surface area (Å²) in [4.78, 5) is 12.5. The average molecular weight is 411 g/mol. The molecule has 2 atom stereocenters. The Labute approximate surface area is 170 Å². The first-order valence-electron chi connectivity index (χ1n) is 8.84. The molecule has 0 aliphatic rings. The average Bonchev–Trinajstić information content (AvgIpc) is 2.71. The van der Waals surface area contributed by atoms with Gasteiger partial charge >= 0.3 is 5.97 Å². The van der Waals surface area contributed by atoms with Crippen LogP contribution < -0.4 is 9.61 Å². The van der Waals surface area contributed by atoms with Crippen molar-refractivity contribution >= 4 is 35.0 Å². The quantitative estimate of drug-likeness (QED) is 0.319. The van der Waals surface area contributed by atoms with E-state index < -0.39 is 18.4 Å². The van der Waals surface area contributed by atoms with Gasteiger partial charge in [-0.2, -0.15) is 0 Å². The van der Waals surface area contributed by atoms with Gasteiger partial charge in [0, 0.05) is 12.1 Å². The van der Waals surface area contributed by atoms with E-state index in [2.05, 4.69) is 11.7 Å². The molecule has 0 saturated carbocycles. The van der Waals surface area contributed by atoms with Crippen LogP contribution in [-0.2, 0) is 27.9 Å². The molecule has 6 heteroatoms. The summed E-state index contributed by atoms with van der Waals surface area (Å²) < 4.78 is 11.5. The predicted octanol–water partition coefficient (Wildman–Crippen LogP) is 5.05. The highest BCUT2D eigenvalue weighted by Gasteiger charge is 2.24. The molecule has 0 radical (unpaired) electrons. The lowest BCUT2D eigenvalue weighted by atomic mass is 10.1. The Morgan fingerprint density at radius 3 is 2.54 bits per heavy atom. The molecule has 0 aliphatic carbocycles. The zero-order chi connectivity index (χ0) is 20.0. The number of ether oxygens (including phenoxy) is 1. The Morgan fingerprint density at radius 1 is 1.11 bits per heavy atom. The van der Waals surface area contributed by atoms with E-state index in [-0.39, 0.29) is 6.61 Å². The molecule has 4 nitrogen and oxygen atoms in total. The van der Waals surface area contributed by atoms with Crippen molar-refractivity contribution < 1.29 is 14.1 Å². The van der Waals surface area contributed by atoms with Gasteiger partial charge < -0.3 is 9.26 Å². The van der Waals surface area contributed by atoms with Crippen LogP contribution in [-0.4, -0.2) is 18.7 Å². The molecule has 3 aromatic carbocycles. The highest BCUT2D eigenvalue weighted by Crippen LogP contribution is 2.42. The number of fused-ring (bicyclic) bond motifs is 1. The summed E-state index contributed by atoms with van der Waals surface area (Å²) in [6, 6.07) is 22.5. The lowest BCUT2D eigenvalue weighted by Crippen LogP contribution is -2.35. The van der Waals surface area contributed by atoms with E-state index in [1.807, 2.05) is 72.8 Å². The summed E-state index contributed by atoms with van der Waals surface area (Å²) in [7, 11) is 0. The SMILES string of the molecule is C=C[C@@H](NP(C)(=S)Oc1cccc2ccccc12)C(=O)OCc1ccccc1. The van der Waals surface area contributed by atoms with Crippen molar-refractivity contribution in [3.8, 4) is 5.75 Å². The van der Waals surface area contributed by atoms with Gasteiger partial charge in [-0.15, -0.1) is 6.58 Å². The van der Waals surface area contributed by atoms with E-state index in [0.29, 0.717) is 5.75 Å². The molecular weight excluding hydrogens is 389 g/mol. The van der Waals surface area contributed by atoms with Gasteiger partial charge in [-0.05, 0) is 28.8 Å². The number of carbonyl (C=O) groups is 1. The first-order chi connectivity index (χ1) is 13.5. The Kier molecular flexibility index (Phi) is 6.63. The minimum absolute atomic E-state index is 0.197. The second-order valence-corrected chi connectivity index (χ2v) is 10.6. The summed E-state index contributed by atoms with van der Waals surface area (Å²) >= 11 is 5.65. The largest absolute Gasteiger partial charge is 0.459 e. The van der Waals surface area contributed by atoms with Crippen LogP contribution in [0, 0.1) is 0 Å². The molecule has 0 aliphatic heterocycles. The molecule has 0 saturated heterocycles. The molecule has 0 aromatic heterocycles. The zero-order valence-corrected chi connectivity index (χ0v) is 17.3. The highest BCUT2D eigenvalue weighted by molar-refractivity contribution is 8.11. The van der Waals surface area contributed by atoms with E-state index in [4.69, 9.17) is 21.1 Å². The number of hydrogen-bond acceptors (Lipinski definition) is 4. The first kappa shape index (κ1) is 20.3. The van der Waals surface area contributed by atoms with Crippen molar-refractivity contribution in [3.63, 3.8) is 0 Å². The molecule has 0 fully saturated rings. The molecule has 28 heavy (non-hydrogen) atoms. The zero-order valence-electron chi connectivity index (χ0n) is 15.6. The third-order valence-electron chi connectivity index (χ3n) is 4.11. The summed E-state index contributed by atoms with van der Waals surface area (Å²) in [6.07, 6.45) is -1.04. The lowest BCUT2D eigenvalue weighted by Gasteiger charge is -2.24. The monoisotopic (exact) mass is 411 g/mol. The maximum atomic E-state index is 12.5. The first-order valence-corrected chi connectivity index (χ1v) is 12.0. The number of esters is 1. The van der Waals surface area contributed by atoms with Gasteiger partial charge in [0.05, 0.1) is 0 Å². The van der Waals surface area contributed by atoms with Gasteiger partial charge in [-0.1, -0.05) is 72.8 Å². The maximum Gasteiger partial charge on any atom is 0.327 e. The van der Waals surface area contributed by atoms with E-state index in [1.165, 1.54) is 6.08 Å². The summed E-state index contributed by atoms with van der Waals surface area (Å²) in [5, 5.41) is 5.15. The molecule has 3 aromatic rings. The van der Waals surface area contributed by atoms with Crippen molar-refractivity contribution in [1.29, 1.82) is 0 Å². The Morgan fingerprint density at radius 2 is 1.79 bits per heavy atom. The maximum absolute atomic E-state index is 12.5. The van der Waals surface area contributed by atoms with Crippen LogP contribution >= 0.6 is 6.42 Å². The Hall–Kier alpha value is -2.46. The molecular formula is C22H22NO3PS. The van der Waals surface area contributed by atoms with Crippen LogP contribution in [0.1, 0.15) is 5.56 Å². The van der Waals surface area contributed by atoms with Gasteiger partial charge in [0.1, 0.15) is 18.4 Å². The van der Waals surface area contributed by atoms with Gasteiger partial charge in [0.2, 0.25) is 0 Å². The fourth-order valence-electron chi connectivity index (χ4n) is 2.76. The molecule has 0 spiro atoms. The molecule has 0 heterocycles. The van der Waals surface area contributed by atoms with Gasteiger partial charge in [0.15, 0.2) is 6.42 Å². The summed E-state index contributed by atoms with van der Waals surface area (Å²) in [6.45, 7) is 5.72. The smallest absolute Gasteiger partial charge is 0.327 e. The second-order valence-electron chi connectivity index (χ2n) is 6.35. The fourth-order valence-corrected chi connectivity index (χ4v) is 4.65. The highest BCUT2D eigenvalue weighted by atomic mass is 32.4. The predicted molar refractivity (Wildman–Crippen MR) is 118 cm³/mol. The van der Waals surface area contributed by atoms with E-state index in [9.17, 15) is 4.79 Å². The Balaban J connectivity index is 1.67. The van der Waals surface area contributed by atoms with Crippen molar-refractivity contribution in [2.45, 2.75) is 12.6 Å². The normalized spacial score (nSPS) is 14.0. The molecule has 1 N–H and O–H groups in total. The van der Waals surface area contributed by atoms with Gasteiger partial charge in [-0.25, -0.2) is 9.88 Å². The molecule has 0 bridgehead atoms. The van der Waals surface area contributed by atoms with Gasteiger partial charge in [0.25, 0.3) is 0 Å². The Bertz CT molecular complexity index is 1020. The summed E-state index contributed by atoms with van der Waals surface area (Å²) in [5.41, 5.74) is 0.918. The minimum Gasteiger partial charge on any atom is -0.459 e. The van der Waals surface area contributed by atoms with Crippen LogP contribution in [0.2, 0.25) is 0 Å². The van der Waals surface area contributed by atoms with Gasteiger partial charge in [-0.3, -0.25) is 0 Å². The third kappa shape index (κ3) is 5.29. The molecule has 1 unspecified atom stereocenters. The third-order valence-corrected chi connectivity index (χ3v) is 5.94. The summed E-state index contributed by atoms with van der Waals surface area (Å²) in [5.74, 6) is 0.258. The van der Waals surface area contributed by atoms with E-state index in [0.717, 1.165) is 16.3 Å². The van der Waals surface area contributed by atoms with Crippen LogP contribution in [0.5, 0.6) is 5.75 Å². The second kappa shape index (κ2) is 9.16. The van der Waals surface area contributed by atoms with Crippen molar-refractivity contribution in [3.05, 3.63) is 91.0 Å². The standard InChI is InChI=1S/C22H22NO3PS/c1-3-20(22(24)25-16-17-10-5-4-6-11-17)23-27(2,28)26-21-15-9-13-18-12-7-8-14-19(18)21/h3-15,20H,1,16H2,2H3,(H,23,28)/t20-,27?/m1/s1. The number of hydrogen-bond donors (Lipinski definition) is 1. The van der Waals surface area contributed by atoms with Crippen molar-refractivity contribution in [1.82, 2.24) is 5.09 Å². The van der Waals surface area contributed by atoms with Crippen LogP contribution in [0.3, 0.4) is 0 Å². The van der Waals surface area contributed by atoms with E-state index in [1.54, 1.807) is 6.66 Å². The number of carbonyl (C=O) groups excluding carboxylic acids is 1. The fraction of sp³-hybridized carbons (Fsp3) is 0.136. The van der Waals surface area contributed by atoms with Crippen LogP contribution in [0.4, 0.5) is 0 Å². The molecule has 144 valence electrons. The number of rotatable bonds is 8. The van der Waals surface area contributed by atoms with Crippen molar-refractivity contribution in [2.75, 3.05) is 6.66 Å². The number of benzene rings is 3. The van der Waals surface area contributed by atoms with Crippen LogP contribution in [0.15, 0.2) is 85.5 Å².